The van der Waals surface area contributed by atoms with E-state index in [0.29, 0.717) is 11.5 Å². The Balaban J connectivity index is 1.67. The average molecular weight is 610 g/mol. The highest BCUT2D eigenvalue weighted by Gasteiger charge is 2.44. The quantitative estimate of drug-likeness (QED) is 0.162. The lowest BCUT2D eigenvalue weighted by atomic mass is 10.3. The smallest absolute Gasteiger partial charge is 0.366 e. The molecule has 12 heteroatoms. The number of nitrogens with zero attached hydrogens (tertiary/aromatic N) is 7. The van der Waals surface area contributed by atoms with Crippen molar-refractivity contribution in [2.24, 2.45) is 13.5 Å². The molecule has 2 unspecified atom stereocenters. The number of hydrogen-bond acceptors (Lipinski definition) is 7. The van der Waals surface area contributed by atoms with Gasteiger partial charge in [0, 0.05) is 35.4 Å². The van der Waals surface area contributed by atoms with Crippen molar-refractivity contribution in [1.29, 1.82) is 0 Å². The summed E-state index contributed by atoms with van der Waals surface area (Å²) in [5.41, 5.74) is 0. The van der Waals surface area contributed by atoms with Crippen molar-refractivity contribution in [2.45, 2.75) is 0 Å². The molecule has 6 aromatic rings. The van der Waals surface area contributed by atoms with Crippen LogP contribution in [0.2, 0.25) is 0 Å². The summed E-state index contributed by atoms with van der Waals surface area (Å²) in [4.78, 5) is 8.79. The van der Waals surface area contributed by atoms with Gasteiger partial charge in [0.15, 0.2) is 0 Å². The first-order valence-electron chi connectivity index (χ1n) is 13.2. The van der Waals surface area contributed by atoms with E-state index in [1.165, 1.54) is 0 Å². The molecule has 9 nitrogen and oxygen atoms in total. The lowest BCUT2D eigenvalue weighted by molar-refractivity contribution is 0.579. The first kappa shape index (κ1) is 26.5. The fourth-order valence-corrected chi connectivity index (χ4v) is 16.9. The highest BCUT2D eigenvalue weighted by atomic mass is 31.3. The topological polar surface area (TPSA) is 91.2 Å². The number of rotatable bonds is 8. The molecule has 208 valence electrons. The highest BCUT2D eigenvalue weighted by Crippen LogP contribution is 2.78. The van der Waals surface area contributed by atoms with Crippen LogP contribution in [0.4, 0.5) is 0 Å². The summed E-state index contributed by atoms with van der Waals surface area (Å²) in [6.45, 7) is 0. The molecule has 4 aromatic carbocycles. The van der Waals surface area contributed by atoms with E-state index < -0.39 is 22.4 Å². The van der Waals surface area contributed by atoms with E-state index in [1.54, 1.807) is 25.0 Å². The van der Waals surface area contributed by atoms with E-state index in [2.05, 4.69) is 34.2 Å². The molecule has 0 spiro atoms. The molecule has 7 rings (SSSR count). The van der Waals surface area contributed by atoms with Crippen LogP contribution in [0, 0.1) is 0 Å². The van der Waals surface area contributed by atoms with Gasteiger partial charge in [0.1, 0.15) is 31.4 Å². The Labute approximate surface area is 244 Å². The van der Waals surface area contributed by atoms with E-state index in [4.69, 9.17) is 22.6 Å². The monoisotopic (exact) mass is 609 g/mol. The van der Waals surface area contributed by atoms with Gasteiger partial charge in [-0.1, -0.05) is 97.1 Å². The van der Waals surface area contributed by atoms with Crippen molar-refractivity contribution in [3.63, 3.8) is 0 Å². The van der Waals surface area contributed by atoms with Crippen LogP contribution in [-0.2, 0) is 0 Å². The van der Waals surface area contributed by atoms with Gasteiger partial charge in [0.2, 0.25) is 0 Å². The van der Waals surface area contributed by atoms with E-state index >= 15 is 0 Å². The van der Waals surface area contributed by atoms with Crippen LogP contribution in [0.5, 0.6) is 11.5 Å². The largest absolute Gasteiger partial charge is 0.426 e. The van der Waals surface area contributed by atoms with Crippen LogP contribution in [0.25, 0.3) is 0 Å². The van der Waals surface area contributed by atoms with Crippen LogP contribution in [-0.4, -0.2) is 18.6 Å². The summed E-state index contributed by atoms with van der Waals surface area (Å²) in [7, 11) is -9.65. The van der Waals surface area contributed by atoms with Gasteiger partial charge >= 0.3 is 15.2 Å². The highest BCUT2D eigenvalue weighted by molar-refractivity contribution is 7.90. The molecule has 0 saturated carbocycles. The molecule has 2 aromatic heterocycles. The number of hydrogen-bond donors (Lipinski definition) is 0. The number of para-hydroxylation sites is 2. The summed E-state index contributed by atoms with van der Waals surface area (Å²) in [6, 6.07) is 39.7. The molecule has 0 amide bonds. The van der Waals surface area contributed by atoms with Gasteiger partial charge < -0.3 is 9.05 Å². The molecule has 0 fully saturated rings. The third-order valence-corrected chi connectivity index (χ3v) is 16.9. The minimum absolute atomic E-state index is 0.636. The summed E-state index contributed by atoms with van der Waals surface area (Å²) in [5.74, 6) is 1.27. The SMILES string of the molecule is c1ccc(OP2(n3ccnc3)=NP(c3ccccc3)(c3ccccc3)=NP(Oc3ccccc3)(n3ccnc3)=N2)cc1. The Morgan fingerprint density at radius 3 is 1.26 bits per heavy atom. The zero-order valence-corrected chi connectivity index (χ0v) is 25.0. The van der Waals surface area contributed by atoms with Crippen LogP contribution >= 0.6 is 22.4 Å². The molecule has 1 aliphatic rings. The van der Waals surface area contributed by atoms with Crippen LogP contribution in [0.1, 0.15) is 0 Å². The Bertz CT molecular complexity index is 1830. The maximum absolute atomic E-state index is 6.96. The van der Waals surface area contributed by atoms with Crippen molar-refractivity contribution in [1.82, 2.24) is 18.6 Å². The Hall–Kier alpha value is -4.41. The summed E-state index contributed by atoms with van der Waals surface area (Å²) < 4.78 is 34.5. The normalized spacial score (nSPS) is 20.9. The predicted octanol–water partition coefficient (Wildman–Crippen LogP) is 8.31. The molecular weight excluding hydrogens is 583 g/mol. The second-order valence-electron chi connectivity index (χ2n) is 9.26. The zero-order valence-electron chi connectivity index (χ0n) is 22.3. The zero-order chi connectivity index (χ0) is 28.3. The molecular formula is C30H26N7O2P3. The molecule has 0 aliphatic carbocycles. The second kappa shape index (κ2) is 11.1. The maximum Gasteiger partial charge on any atom is 0.366 e. The Morgan fingerprint density at radius 1 is 0.452 bits per heavy atom. The molecule has 0 bridgehead atoms. The third-order valence-electron chi connectivity index (χ3n) is 6.48. The first-order valence-corrected chi connectivity index (χ1v) is 18.0. The molecule has 0 radical (unpaired) electrons. The second-order valence-corrected chi connectivity index (χ2v) is 17.0. The van der Waals surface area contributed by atoms with Gasteiger partial charge in [-0.25, -0.2) is 9.97 Å². The van der Waals surface area contributed by atoms with Crippen molar-refractivity contribution in [3.05, 3.63) is 159 Å². The van der Waals surface area contributed by atoms with E-state index in [-0.39, 0.29) is 0 Å². The number of imidazole rings is 2. The fourth-order valence-electron chi connectivity index (χ4n) is 4.58. The number of aromatic nitrogens is 4. The van der Waals surface area contributed by atoms with E-state index in [0.717, 1.165) is 10.6 Å². The molecule has 0 saturated heterocycles. The summed E-state index contributed by atoms with van der Waals surface area (Å²) in [5, 5.41) is 1.93. The van der Waals surface area contributed by atoms with Gasteiger partial charge in [0.05, 0.1) is 0 Å². The van der Waals surface area contributed by atoms with E-state index in [9.17, 15) is 0 Å². The van der Waals surface area contributed by atoms with Crippen LogP contribution < -0.4 is 19.7 Å². The molecule has 1 aliphatic heterocycles. The van der Waals surface area contributed by atoms with E-state index in [1.807, 2.05) is 118 Å². The molecule has 42 heavy (non-hydrogen) atoms. The Morgan fingerprint density at radius 2 is 0.857 bits per heavy atom. The first-order chi connectivity index (χ1) is 20.7. The summed E-state index contributed by atoms with van der Waals surface area (Å²) in [6.07, 6.45) is 10.6. The maximum atomic E-state index is 6.96. The van der Waals surface area contributed by atoms with Gasteiger partial charge in [-0.2, -0.15) is 9.03 Å². The van der Waals surface area contributed by atoms with Crippen LogP contribution in [0.3, 0.4) is 0 Å². The molecule has 3 heterocycles. The molecule has 0 N–H and O–H groups in total. The lowest BCUT2D eigenvalue weighted by Crippen LogP contribution is -2.18. The van der Waals surface area contributed by atoms with Gasteiger partial charge in [-0.15, -0.1) is 4.52 Å². The van der Waals surface area contributed by atoms with Crippen molar-refractivity contribution >= 4 is 33.0 Å². The number of benzene rings is 4. The van der Waals surface area contributed by atoms with Crippen molar-refractivity contribution in [2.75, 3.05) is 0 Å². The van der Waals surface area contributed by atoms with Crippen LogP contribution in [0.15, 0.2) is 172 Å². The van der Waals surface area contributed by atoms with Gasteiger partial charge in [-0.3, -0.25) is 8.68 Å². The van der Waals surface area contributed by atoms with Crippen molar-refractivity contribution < 1.29 is 9.05 Å². The third kappa shape index (κ3) is 4.86. The minimum Gasteiger partial charge on any atom is -0.426 e. The molecule has 2 atom stereocenters. The summed E-state index contributed by atoms with van der Waals surface area (Å²) >= 11 is 0. The van der Waals surface area contributed by atoms with Gasteiger partial charge in [-0.05, 0) is 24.3 Å². The predicted molar refractivity (Wildman–Crippen MR) is 170 cm³/mol. The van der Waals surface area contributed by atoms with Gasteiger partial charge in [0.25, 0.3) is 0 Å². The standard InChI is InChI=1S/C30H26N7O2P3/c1-5-13-27(14-6-1)38-41(36-23-21-31-25-36)33-40(29-17-9-3-10-18-29,30-19-11-4-12-20-30)34-42(35-41,37-24-22-32-26-37)39-28-15-7-2-8-16-28/h1-26H. The van der Waals surface area contributed by atoms with Crippen molar-refractivity contribution in [3.8, 4) is 11.5 Å². The average Bonchev–Trinajstić information content (AvgIpc) is 3.79. The lowest BCUT2D eigenvalue weighted by Gasteiger charge is -2.36. The Kier molecular flexibility index (Phi) is 7.01. The fraction of sp³-hybridized carbons (Fsp3) is 0. The minimum atomic E-state index is -3.33.